The Bertz CT molecular complexity index is 888. The van der Waals surface area contributed by atoms with E-state index < -0.39 is 39.3 Å². The van der Waals surface area contributed by atoms with Crippen molar-refractivity contribution in [3.63, 3.8) is 0 Å². The zero-order valence-electron chi connectivity index (χ0n) is 11.7. The van der Waals surface area contributed by atoms with Crippen molar-refractivity contribution in [2.75, 3.05) is 6.61 Å². The molecule has 0 aliphatic carbocycles. The summed E-state index contributed by atoms with van der Waals surface area (Å²) in [6, 6.07) is 3.67. The lowest BCUT2D eigenvalue weighted by atomic mass is 10.0. The minimum atomic E-state index is -1.02. The average molecular weight is 319 g/mol. The topological polar surface area (TPSA) is 159 Å². The molecule has 23 heavy (non-hydrogen) atoms. The number of aromatic nitrogens is 1. The monoisotopic (exact) mass is 319 g/mol. The first kappa shape index (κ1) is 15.8. The fraction of sp³-hybridized carbons (Fsp3) is 0.154. The van der Waals surface area contributed by atoms with Crippen LogP contribution in [0.4, 0.5) is 5.88 Å². The number of nitrogens with zero attached hydrogens (tertiary/aromatic N) is 2. The summed E-state index contributed by atoms with van der Waals surface area (Å²) in [7, 11) is 0. The van der Waals surface area contributed by atoms with Gasteiger partial charge in [0.1, 0.15) is 27.9 Å². The number of hydrogen-bond donors (Lipinski definition) is 2. The third-order valence-electron chi connectivity index (χ3n) is 2.81. The number of carbonyl (C=O) groups is 1. The van der Waals surface area contributed by atoms with Gasteiger partial charge in [-0.2, -0.15) is 5.26 Å². The number of furan rings is 1. The predicted molar refractivity (Wildman–Crippen MR) is 73.8 cm³/mol. The molecule has 0 spiro atoms. The smallest absolute Gasteiger partial charge is 0.433 e. The number of rotatable bonds is 4. The Morgan fingerprint density at radius 3 is 2.78 bits per heavy atom. The number of H-pyrrole nitrogens is 1. The molecule has 2 aromatic rings. The Morgan fingerprint density at radius 2 is 2.26 bits per heavy atom. The van der Waals surface area contributed by atoms with Crippen molar-refractivity contribution in [3.8, 4) is 23.3 Å². The zero-order chi connectivity index (χ0) is 17.1. The van der Waals surface area contributed by atoms with Gasteiger partial charge in [0.15, 0.2) is 0 Å². The normalized spacial score (nSPS) is 10.1. The van der Waals surface area contributed by atoms with Gasteiger partial charge in [-0.1, -0.05) is 0 Å². The van der Waals surface area contributed by atoms with Crippen LogP contribution in [-0.4, -0.2) is 27.6 Å². The van der Waals surface area contributed by atoms with E-state index in [9.17, 15) is 24.8 Å². The largest absolute Gasteiger partial charge is 0.494 e. The maximum atomic E-state index is 12.0. The highest BCUT2D eigenvalue weighted by atomic mass is 16.6. The van der Waals surface area contributed by atoms with Crippen LogP contribution in [-0.2, 0) is 4.74 Å². The molecule has 0 bridgehead atoms. The van der Waals surface area contributed by atoms with Gasteiger partial charge in [0.25, 0.3) is 5.56 Å². The van der Waals surface area contributed by atoms with Crippen LogP contribution < -0.4 is 5.56 Å². The Kier molecular flexibility index (Phi) is 4.13. The lowest BCUT2D eigenvalue weighted by molar-refractivity contribution is -0.401. The van der Waals surface area contributed by atoms with Gasteiger partial charge in [-0.25, -0.2) is 4.79 Å². The van der Waals surface area contributed by atoms with E-state index in [0.29, 0.717) is 0 Å². The summed E-state index contributed by atoms with van der Waals surface area (Å²) in [5, 5.41) is 29.6. The van der Waals surface area contributed by atoms with Gasteiger partial charge < -0.3 is 14.3 Å². The number of aromatic hydroxyl groups is 1. The van der Waals surface area contributed by atoms with Crippen molar-refractivity contribution in [3.05, 3.63) is 43.7 Å². The standard InChI is InChI=1S/C13H9N3O7/c1-2-22-13(19)10-9(6(5-14)11(17)15-12(10)18)7-3-4-8(23-7)16(20)21/h3-4H,2H2,1H3,(H2,15,17,18). The van der Waals surface area contributed by atoms with Crippen LogP contribution in [0.3, 0.4) is 0 Å². The van der Waals surface area contributed by atoms with Crippen LogP contribution in [0.25, 0.3) is 11.3 Å². The van der Waals surface area contributed by atoms with Crippen molar-refractivity contribution in [2.24, 2.45) is 0 Å². The van der Waals surface area contributed by atoms with E-state index in [4.69, 9.17) is 14.4 Å². The van der Waals surface area contributed by atoms with E-state index in [-0.39, 0.29) is 17.9 Å². The van der Waals surface area contributed by atoms with Crippen molar-refractivity contribution in [2.45, 2.75) is 6.92 Å². The number of hydrogen-bond acceptors (Lipinski definition) is 8. The Balaban J connectivity index is 2.82. The fourth-order valence-electron chi connectivity index (χ4n) is 1.90. The molecule has 2 heterocycles. The van der Waals surface area contributed by atoms with E-state index in [0.717, 1.165) is 12.1 Å². The van der Waals surface area contributed by atoms with Crippen LogP contribution >= 0.6 is 0 Å². The molecule has 0 aliphatic rings. The van der Waals surface area contributed by atoms with Crippen molar-refractivity contribution in [1.82, 2.24) is 4.98 Å². The van der Waals surface area contributed by atoms with E-state index in [2.05, 4.69) is 0 Å². The molecule has 10 heteroatoms. The molecule has 0 unspecified atom stereocenters. The van der Waals surface area contributed by atoms with Gasteiger partial charge in [0.05, 0.1) is 18.2 Å². The lowest BCUT2D eigenvalue weighted by Crippen LogP contribution is -2.17. The summed E-state index contributed by atoms with van der Waals surface area (Å²) >= 11 is 0. The first-order valence-corrected chi connectivity index (χ1v) is 6.21. The van der Waals surface area contributed by atoms with E-state index in [1.54, 1.807) is 6.07 Å². The van der Waals surface area contributed by atoms with Gasteiger partial charge in [-0.15, -0.1) is 0 Å². The van der Waals surface area contributed by atoms with Gasteiger partial charge in [0, 0.05) is 0 Å². The molecule has 10 nitrogen and oxygen atoms in total. The molecule has 118 valence electrons. The first-order chi connectivity index (χ1) is 10.9. The number of carbonyl (C=O) groups excluding carboxylic acids is 1. The Morgan fingerprint density at radius 1 is 1.57 bits per heavy atom. The highest BCUT2D eigenvalue weighted by molar-refractivity contribution is 6.00. The van der Waals surface area contributed by atoms with Crippen molar-refractivity contribution >= 4 is 11.9 Å². The van der Waals surface area contributed by atoms with Crippen LogP contribution in [0, 0.1) is 21.4 Å². The van der Waals surface area contributed by atoms with Gasteiger partial charge >= 0.3 is 11.9 Å². The highest BCUT2D eigenvalue weighted by Crippen LogP contribution is 2.33. The molecule has 0 radical (unpaired) electrons. The summed E-state index contributed by atoms with van der Waals surface area (Å²) < 4.78 is 9.69. The Labute approximate surface area is 127 Å². The quantitative estimate of drug-likeness (QED) is 0.484. The molecule has 0 amide bonds. The summed E-state index contributed by atoms with van der Waals surface area (Å²) in [4.78, 5) is 35.6. The molecule has 0 aromatic carbocycles. The molecule has 0 saturated carbocycles. The maximum absolute atomic E-state index is 12.0. The van der Waals surface area contributed by atoms with Crippen molar-refractivity contribution in [1.29, 1.82) is 5.26 Å². The van der Waals surface area contributed by atoms with Crippen LogP contribution in [0.2, 0.25) is 0 Å². The molecule has 2 aromatic heterocycles. The third-order valence-corrected chi connectivity index (χ3v) is 2.81. The second-order valence-corrected chi connectivity index (χ2v) is 4.15. The Hall–Kier alpha value is -3.61. The number of esters is 1. The number of pyridine rings is 1. The third kappa shape index (κ3) is 2.75. The second kappa shape index (κ2) is 6.02. The highest BCUT2D eigenvalue weighted by Gasteiger charge is 2.28. The minimum Gasteiger partial charge on any atom is -0.494 e. The molecule has 2 rings (SSSR count). The number of nitriles is 1. The maximum Gasteiger partial charge on any atom is 0.433 e. The molecule has 0 aliphatic heterocycles. The zero-order valence-corrected chi connectivity index (χ0v) is 11.7. The lowest BCUT2D eigenvalue weighted by Gasteiger charge is -2.09. The second-order valence-electron chi connectivity index (χ2n) is 4.15. The molecular weight excluding hydrogens is 310 g/mol. The van der Waals surface area contributed by atoms with E-state index >= 15 is 0 Å². The molecule has 0 fully saturated rings. The van der Waals surface area contributed by atoms with Gasteiger partial charge in [-0.3, -0.25) is 19.9 Å². The summed E-state index contributed by atoms with van der Waals surface area (Å²) in [5.74, 6) is -2.80. The van der Waals surface area contributed by atoms with Crippen LogP contribution in [0.15, 0.2) is 21.3 Å². The molecular formula is C13H9N3O7. The SMILES string of the molecule is CCOC(=O)c1c(O)[nH]c(=O)c(C#N)c1-c1ccc([N+](=O)[O-])o1. The number of ether oxygens (including phenoxy) is 1. The summed E-state index contributed by atoms with van der Waals surface area (Å²) in [6.45, 7) is 1.49. The first-order valence-electron chi connectivity index (χ1n) is 6.21. The van der Waals surface area contributed by atoms with Gasteiger partial charge in [0.2, 0.25) is 5.88 Å². The summed E-state index contributed by atoms with van der Waals surface area (Å²) in [6.07, 6.45) is 0. The van der Waals surface area contributed by atoms with Crippen molar-refractivity contribution < 1.29 is 24.0 Å². The predicted octanol–water partition coefficient (Wildman–Crippen LogP) is 1.30. The van der Waals surface area contributed by atoms with Crippen LogP contribution in [0.1, 0.15) is 22.8 Å². The average Bonchev–Trinajstić information content (AvgIpc) is 2.96. The molecule has 0 atom stereocenters. The van der Waals surface area contributed by atoms with E-state index in [1.807, 2.05) is 4.98 Å². The number of nitro groups is 1. The van der Waals surface area contributed by atoms with Gasteiger partial charge in [-0.05, 0) is 13.0 Å². The van der Waals surface area contributed by atoms with Crippen LogP contribution in [0.5, 0.6) is 5.88 Å². The minimum absolute atomic E-state index is 0.0307. The molecule has 2 N–H and O–H groups in total. The number of aromatic amines is 1. The van der Waals surface area contributed by atoms with E-state index in [1.165, 1.54) is 6.92 Å². The fourth-order valence-corrected chi connectivity index (χ4v) is 1.90. The summed E-state index contributed by atoms with van der Waals surface area (Å²) in [5.41, 5.74) is -2.42. The molecule has 0 saturated heterocycles. The number of nitrogens with one attached hydrogen (secondary N) is 1.